The Morgan fingerprint density at radius 1 is 0.273 bits per heavy atom. The zero-order chi connectivity index (χ0) is 89.3. The maximum absolute atomic E-state index is 5.12. The summed E-state index contributed by atoms with van der Waals surface area (Å²) in [4.78, 5) is 10.2. The second-order valence-corrected chi connectivity index (χ2v) is 44.5. The Labute approximate surface area is 787 Å². The van der Waals surface area contributed by atoms with Crippen LogP contribution in [0.15, 0.2) is 243 Å². The van der Waals surface area contributed by atoms with Gasteiger partial charge < -0.3 is 20.4 Å². The Bertz CT molecular complexity index is 6360. The van der Waals surface area contributed by atoms with E-state index in [4.69, 9.17) is 20.2 Å². The molecule has 0 spiro atoms. The van der Waals surface area contributed by atoms with Crippen molar-refractivity contribution in [2.24, 2.45) is 0 Å². The van der Waals surface area contributed by atoms with E-state index in [2.05, 4.69) is 439 Å². The largest absolute Gasteiger partial charge is 2.00 e. The van der Waals surface area contributed by atoms with Crippen molar-refractivity contribution in [1.29, 1.82) is 0 Å². The topological polar surface area (TPSA) is 91.8 Å². The van der Waals surface area contributed by atoms with Crippen LogP contribution in [0.2, 0.25) is 0 Å². The summed E-state index contributed by atoms with van der Waals surface area (Å²) < 4.78 is 8.77. The van der Waals surface area contributed by atoms with E-state index >= 15 is 0 Å². The van der Waals surface area contributed by atoms with Gasteiger partial charge in [-0.05, 0) is 167 Å². The monoisotopic (exact) mass is 2040 g/mol. The number of benzene rings is 10. The van der Waals surface area contributed by atoms with Gasteiger partial charge in [0.2, 0.25) is 11.1 Å². The fourth-order valence-electron chi connectivity index (χ4n) is 21.0. The number of rotatable bonds is 8. The molecule has 12 heteroatoms. The molecule has 4 aromatic heterocycles. The van der Waals surface area contributed by atoms with E-state index in [0.29, 0.717) is 0 Å². The molecule has 0 atom stereocenters. The third-order valence-electron chi connectivity index (χ3n) is 28.1. The molecule has 0 bridgehead atoms. The van der Waals surface area contributed by atoms with E-state index in [9.17, 15) is 0 Å². The van der Waals surface area contributed by atoms with Crippen molar-refractivity contribution in [1.82, 2.24) is 30.4 Å². The van der Waals surface area contributed by atoms with Crippen molar-refractivity contribution in [3.05, 3.63) is 378 Å². The Balaban J connectivity index is 0.000000177. The maximum Gasteiger partial charge on any atom is 2.00 e. The molecule has 10 aromatic carbocycles. The number of fused-ring (bicyclic) bond motifs is 14. The maximum atomic E-state index is 5.12. The van der Waals surface area contributed by atoms with Crippen LogP contribution >= 0.6 is 0 Å². The standard InChI is InChI=1S/2C58H59N5.2Pt/c2*1-53(2,3)36-19-23-46-42(31-36)43-32-37(54(4,5)6)20-24-47(43)57(46,51-27-29-60-61-51)40-16-14-17-41(30-40)58(63-35-62(13)50-18-15-28-59-52(50)63)48-25-21-38(55(7,8)9)33-44(48)45-34-39(56(10,11)12)22-26-49(45)58;;/h2*14-29,31-34H,1-13H3;;/q;;2*+2. The summed E-state index contributed by atoms with van der Waals surface area (Å²) in [5, 5.41) is 19.0. The molecule has 0 radical (unpaired) electrons. The van der Waals surface area contributed by atoms with Crippen LogP contribution < -0.4 is 10.2 Å². The number of nitrogens with zero attached hydrogens (tertiary/aromatic N) is 10. The van der Waals surface area contributed by atoms with Gasteiger partial charge in [0.05, 0.1) is 10.8 Å². The number of pyridine rings is 2. The molecule has 0 unspecified atom stereocenters. The molecule has 648 valence electrons. The predicted octanol–water partition coefficient (Wildman–Crippen LogP) is 25.7. The molecule has 0 saturated heterocycles. The molecule has 6 aliphatic rings. The minimum absolute atomic E-state index is 0. The average Bonchev–Trinajstić information content (AvgIpc) is 1.52. The molecule has 14 aromatic rings. The van der Waals surface area contributed by atoms with Gasteiger partial charge in [-0.2, -0.15) is 70.9 Å². The molecule has 4 aliphatic carbocycles. The van der Waals surface area contributed by atoms with Gasteiger partial charge in [0.1, 0.15) is 0 Å². The van der Waals surface area contributed by atoms with Crippen LogP contribution in [0.1, 0.15) is 289 Å². The van der Waals surface area contributed by atoms with Gasteiger partial charge in [-0.3, -0.25) is 0 Å². The number of hydrogen-bond acceptors (Lipinski definition) is 4. The Morgan fingerprint density at radius 3 is 0.727 bits per heavy atom. The molecule has 10 nitrogen and oxygen atoms in total. The molecular formula is C116H118N10Pt2+4. The first kappa shape index (κ1) is 89.1. The third kappa shape index (κ3) is 13.5. The van der Waals surface area contributed by atoms with Gasteiger partial charge in [0.15, 0.2) is 14.1 Å². The van der Waals surface area contributed by atoms with E-state index in [1.807, 2.05) is 36.9 Å². The minimum Gasteiger partial charge on any atom is -0.581 e. The van der Waals surface area contributed by atoms with Crippen molar-refractivity contribution in [2.75, 3.05) is 14.1 Å². The van der Waals surface area contributed by atoms with Crippen molar-refractivity contribution in [3.63, 3.8) is 0 Å². The van der Waals surface area contributed by atoms with Crippen LogP contribution in [0, 0.1) is 12.1 Å². The molecule has 0 N–H and O–H groups in total. The van der Waals surface area contributed by atoms with Gasteiger partial charge in [0, 0.05) is 58.2 Å². The summed E-state index contributed by atoms with van der Waals surface area (Å²) in [6.45, 7) is 55.2. The molecule has 0 saturated carbocycles. The van der Waals surface area contributed by atoms with E-state index in [1.54, 1.807) is 0 Å². The van der Waals surface area contributed by atoms with Crippen molar-refractivity contribution in [3.8, 4) is 44.5 Å². The quantitative estimate of drug-likeness (QED) is 0.111. The first-order valence-electron chi connectivity index (χ1n) is 45.0. The van der Waals surface area contributed by atoms with Crippen LogP contribution in [-0.4, -0.2) is 64.6 Å². The molecule has 2 aliphatic heterocycles. The van der Waals surface area contributed by atoms with E-state index < -0.39 is 21.9 Å². The summed E-state index contributed by atoms with van der Waals surface area (Å²) in [5.41, 5.74) is 33.9. The van der Waals surface area contributed by atoms with Gasteiger partial charge >= 0.3 is 77.2 Å². The SMILES string of the molecule is C[N+]1=C=[N+](C2(c3[c-]c(C4(c5cc[n-]n5)c5ccc(C(C)(C)C)cc5-c5cc(C(C)(C)C)ccc54)ccc3)c3ccc(C(C)(C)C)cc3-c3cc(C(C)(C)C)ccc32)c2ncccc21.C[N+]1=C=[N+](C2(c3[c-]c(C4(c5cc[n-]n5)c5ccc(C(C)(C)C)cc5-c5cc(C(C)(C)C)ccc54)ccc3)c3ccc(C(C)(C)C)cc3-c3cc(C(C)(C)C)ccc32)c2ncccc21.[Pt+2].[Pt+2]. The Hall–Kier alpha value is -10.9. The van der Waals surface area contributed by atoms with Crippen LogP contribution in [0.3, 0.4) is 0 Å². The van der Waals surface area contributed by atoms with E-state index in [0.717, 1.165) is 56.7 Å². The Kier molecular flexibility index (Phi) is 21.1. The molecule has 20 rings (SSSR count). The zero-order valence-corrected chi connectivity index (χ0v) is 83.7. The summed E-state index contributed by atoms with van der Waals surface area (Å²) in [7, 11) is 4.15. The third-order valence-corrected chi connectivity index (χ3v) is 28.1. The van der Waals surface area contributed by atoms with Gasteiger partial charge in [-0.25, -0.2) is 0 Å². The minimum atomic E-state index is -0.892. The molecule has 128 heavy (non-hydrogen) atoms. The van der Waals surface area contributed by atoms with Gasteiger partial charge in [-0.15, -0.1) is 11.1 Å². The smallest absolute Gasteiger partial charge is 0.581 e. The predicted molar refractivity (Wildman–Crippen MR) is 511 cm³/mol. The Morgan fingerprint density at radius 2 is 0.500 bits per heavy atom. The molecular weight excluding hydrogens is 1920 g/mol. The van der Waals surface area contributed by atoms with Crippen LogP contribution in [0.25, 0.3) is 44.5 Å². The fourth-order valence-corrected chi connectivity index (χ4v) is 21.0. The van der Waals surface area contributed by atoms with Crippen molar-refractivity contribution >= 4 is 35.0 Å². The van der Waals surface area contributed by atoms with Crippen molar-refractivity contribution in [2.45, 2.75) is 231 Å². The second kappa shape index (κ2) is 30.3. The molecule has 0 fully saturated rings. The first-order valence-corrected chi connectivity index (χ1v) is 45.0. The second-order valence-electron chi connectivity index (χ2n) is 44.5. The fraction of sp³-hybridized carbons (Fsp3) is 0.328. The summed E-state index contributed by atoms with van der Waals surface area (Å²) in [6, 6.07) is 99.2. The number of hydrogen-bond donors (Lipinski definition) is 0. The van der Waals surface area contributed by atoms with Gasteiger partial charge in [0.25, 0.3) is 0 Å². The summed E-state index contributed by atoms with van der Waals surface area (Å²) in [6.07, 6.45) is 7.47. The molecule has 6 heterocycles. The van der Waals surface area contributed by atoms with Crippen LogP contribution in [0.4, 0.5) is 23.0 Å². The summed E-state index contributed by atoms with van der Waals surface area (Å²) in [5.74, 6) is 1.71. The van der Waals surface area contributed by atoms with Crippen molar-refractivity contribution < 1.29 is 60.4 Å². The zero-order valence-electron chi connectivity index (χ0n) is 79.2. The average molecular weight is 2040 g/mol. The normalized spacial score (nSPS) is 15.6. The van der Waals surface area contributed by atoms with Gasteiger partial charge in [-0.1, -0.05) is 353 Å². The number of aromatic nitrogens is 6. The van der Waals surface area contributed by atoms with Crippen LogP contribution in [0.5, 0.6) is 0 Å². The molecule has 0 amide bonds. The first-order chi connectivity index (χ1) is 59.3. The van der Waals surface area contributed by atoms with E-state index in [-0.39, 0.29) is 85.5 Å². The summed E-state index contributed by atoms with van der Waals surface area (Å²) >= 11 is 0. The van der Waals surface area contributed by atoms with Crippen LogP contribution in [-0.2, 0) is 107 Å². The van der Waals surface area contributed by atoms with E-state index in [1.165, 1.54) is 134 Å².